The van der Waals surface area contributed by atoms with Gasteiger partial charge in [0, 0.05) is 60.4 Å². The molecule has 3 rings (SSSR count). The van der Waals surface area contributed by atoms with E-state index in [0.717, 1.165) is 42.4 Å². The zero-order valence-electron chi connectivity index (χ0n) is 16.3. The van der Waals surface area contributed by atoms with Crippen LogP contribution in [-0.4, -0.2) is 47.9 Å². The van der Waals surface area contributed by atoms with Crippen LogP contribution in [0.25, 0.3) is 0 Å². The van der Waals surface area contributed by atoms with Crippen molar-refractivity contribution in [1.82, 2.24) is 10.2 Å². The number of carbonyl (C=O) groups excluding carboxylic acids is 2. The van der Waals surface area contributed by atoms with Gasteiger partial charge in [0.25, 0.3) is 5.91 Å². The Morgan fingerprint density at radius 1 is 1.03 bits per heavy atom. The van der Waals surface area contributed by atoms with Crippen molar-refractivity contribution in [3.8, 4) is 0 Å². The predicted octanol–water partition coefficient (Wildman–Crippen LogP) is 4.04. The van der Waals surface area contributed by atoms with E-state index in [1.807, 2.05) is 30.0 Å². The van der Waals surface area contributed by atoms with Gasteiger partial charge in [0.2, 0.25) is 5.91 Å². The van der Waals surface area contributed by atoms with E-state index in [1.54, 1.807) is 24.3 Å². The molecule has 1 saturated heterocycles. The molecule has 29 heavy (non-hydrogen) atoms. The molecule has 1 aliphatic heterocycles. The Hall–Kier alpha value is -2.02. The third-order valence-electron chi connectivity index (χ3n) is 4.76. The molecule has 0 bridgehead atoms. The summed E-state index contributed by atoms with van der Waals surface area (Å²) in [6, 6.07) is 14.7. The van der Waals surface area contributed by atoms with Crippen molar-refractivity contribution in [3.63, 3.8) is 0 Å². The van der Waals surface area contributed by atoms with E-state index in [0.29, 0.717) is 30.0 Å². The Kier molecular flexibility index (Phi) is 8.40. The number of hydrogen-bond acceptors (Lipinski definition) is 4. The van der Waals surface area contributed by atoms with Crippen LogP contribution in [0.4, 0.5) is 5.69 Å². The lowest BCUT2D eigenvalue weighted by Crippen LogP contribution is -2.32. The van der Waals surface area contributed by atoms with E-state index in [-0.39, 0.29) is 11.8 Å². The average molecular weight is 432 g/mol. The Morgan fingerprint density at radius 3 is 2.52 bits per heavy atom. The van der Waals surface area contributed by atoms with Crippen molar-refractivity contribution >= 4 is 40.9 Å². The number of thioether (sulfide) groups is 1. The van der Waals surface area contributed by atoms with E-state index in [2.05, 4.69) is 21.6 Å². The first-order valence-corrected chi connectivity index (χ1v) is 11.4. The fraction of sp³-hybridized carbons (Fsp3) is 0.364. The standard InChI is InChI=1S/C22H26ClN3O2S/c23-19-9-7-17(8-10-19)22(28)24-11-3-6-21(27)25-20-5-2-1-4-18(20)16-26-12-14-29-15-13-26/h1-2,4-5,7-10H,3,6,11-16H2,(H,24,28)(H,25,27). The van der Waals surface area contributed by atoms with Gasteiger partial charge in [-0.25, -0.2) is 0 Å². The Balaban J connectivity index is 1.42. The summed E-state index contributed by atoms with van der Waals surface area (Å²) in [5.74, 6) is 2.13. The van der Waals surface area contributed by atoms with Gasteiger partial charge < -0.3 is 10.6 Å². The van der Waals surface area contributed by atoms with Gasteiger partial charge in [-0.3, -0.25) is 14.5 Å². The quantitative estimate of drug-likeness (QED) is 0.619. The average Bonchev–Trinajstić information content (AvgIpc) is 2.74. The largest absolute Gasteiger partial charge is 0.352 e. The molecule has 2 aromatic rings. The molecule has 1 aliphatic rings. The fourth-order valence-electron chi connectivity index (χ4n) is 3.15. The zero-order valence-corrected chi connectivity index (χ0v) is 17.9. The second kappa shape index (κ2) is 11.2. The SMILES string of the molecule is O=C(CCCNC(=O)c1ccc(Cl)cc1)Nc1ccccc1CN1CCSCC1. The van der Waals surface area contributed by atoms with Crippen molar-refractivity contribution in [3.05, 3.63) is 64.7 Å². The van der Waals surface area contributed by atoms with Crippen LogP contribution in [0.15, 0.2) is 48.5 Å². The Labute approximate surface area is 181 Å². The number of para-hydroxylation sites is 1. The minimum atomic E-state index is -0.160. The van der Waals surface area contributed by atoms with Gasteiger partial charge in [-0.05, 0) is 42.3 Å². The number of anilines is 1. The highest BCUT2D eigenvalue weighted by Gasteiger charge is 2.14. The Morgan fingerprint density at radius 2 is 1.76 bits per heavy atom. The highest BCUT2D eigenvalue weighted by Crippen LogP contribution is 2.20. The summed E-state index contributed by atoms with van der Waals surface area (Å²) in [5.41, 5.74) is 2.58. The minimum absolute atomic E-state index is 0.0348. The number of rotatable bonds is 8. The molecule has 0 saturated carbocycles. The fourth-order valence-corrected chi connectivity index (χ4v) is 4.25. The van der Waals surface area contributed by atoms with Crippen molar-refractivity contribution in [2.75, 3.05) is 36.5 Å². The third-order valence-corrected chi connectivity index (χ3v) is 5.96. The van der Waals surface area contributed by atoms with Gasteiger partial charge in [-0.2, -0.15) is 11.8 Å². The number of amides is 2. The maximum atomic E-state index is 12.4. The lowest BCUT2D eigenvalue weighted by Gasteiger charge is -2.27. The molecule has 7 heteroatoms. The number of hydrogen-bond donors (Lipinski definition) is 2. The van der Waals surface area contributed by atoms with Gasteiger partial charge in [0.05, 0.1) is 0 Å². The smallest absolute Gasteiger partial charge is 0.251 e. The summed E-state index contributed by atoms with van der Waals surface area (Å²) in [6.45, 7) is 3.47. The van der Waals surface area contributed by atoms with Gasteiger partial charge in [0.15, 0.2) is 0 Å². The summed E-state index contributed by atoms with van der Waals surface area (Å²) in [6.07, 6.45) is 0.937. The maximum Gasteiger partial charge on any atom is 0.251 e. The lowest BCUT2D eigenvalue weighted by atomic mass is 10.1. The highest BCUT2D eigenvalue weighted by atomic mass is 35.5. The van der Waals surface area contributed by atoms with Crippen molar-refractivity contribution in [2.45, 2.75) is 19.4 Å². The van der Waals surface area contributed by atoms with Crippen LogP contribution >= 0.6 is 23.4 Å². The summed E-state index contributed by atoms with van der Waals surface area (Å²) in [7, 11) is 0. The molecule has 0 aliphatic carbocycles. The summed E-state index contributed by atoms with van der Waals surface area (Å²) >= 11 is 7.82. The number of halogens is 1. The molecular formula is C22H26ClN3O2S. The summed E-state index contributed by atoms with van der Waals surface area (Å²) in [4.78, 5) is 26.8. The molecule has 0 unspecified atom stereocenters. The zero-order chi connectivity index (χ0) is 20.5. The highest BCUT2D eigenvalue weighted by molar-refractivity contribution is 7.99. The molecule has 2 aromatic carbocycles. The molecule has 0 spiro atoms. The van der Waals surface area contributed by atoms with E-state index in [4.69, 9.17) is 11.6 Å². The third kappa shape index (κ3) is 7.07. The molecular weight excluding hydrogens is 406 g/mol. The molecule has 5 nitrogen and oxygen atoms in total. The molecule has 2 N–H and O–H groups in total. The molecule has 1 heterocycles. The van der Waals surface area contributed by atoms with Gasteiger partial charge in [0.1, 0.15) is 0 Å². The van der Waals surface area contributed by atoms with Crippen LogP contribution in [0.3, 0.4) is 0 Å². The van der Waals surface area contributed by atoms with E-state index >= 15 is 0 Å². The molecule has 1 fully saturated rings. The van der Waals surface area contributed by atoms with Crippen molar-refractivity contribution in [1.29, 1.82) is 0 Å². The number of benzene rings is 2. The predicted molar refractivity (Wildman–Crippen MR) is 121 cm³/mol. The monoisotopic (exact) mass is 431 g/mol. The van der Waals surface area contributed by atoms with Crippen LogP contribution in [0.2, 0.25) is 5.02 Å². The lowest BCUT2D eigenvalue weighted by molar-refractivity contribution is -0.116. The topological polar surface area (TPSA) is 61.4 Å². The first-order chi connectivity index (χ1) is 14.1. The van der Waals surface area contributed by atoms with Crippen LogP contribution in [0.5, 0.6) is 0 Å². The second-order valence-electron chi connectivity index (χ2n) is 6.96. The first-order valence-electron chi connectivity index (χ1n) is 9.83. The normalized spacial score (nSPS) is 14.4. The van der Waals surface area contributed by atoms with Crippen molar-refractivity contribution < 1.29 is 9.59 Å². The van der Waals surface area contributed by atoms with Crippen LogP contribution in [0.1, 0.15) is 28.8 Å². The van der Waals surface area contributed by atoms with Crippen LogP contribution in [0, 0.1) is 0 Å². The maximum absolute atomic E-state index is 12.4. The summed E-state index contributed by atoms with van der Waals surface area (Å²) in [5, 5.41) is 6.46. The molecule has 0 aromatic heterocycles. The minimum Gasteiger partial charge on any atom is -0.352 e. The van der Waals surface area contributed by atoms with Gasteiger partial charge in [-0.15, -0.1) is 0 Å². The van der Waals surface area contributed by atoms with E-state index in [1.165, 1.54) is 0 Å². The van der Waals surface area contributed by atoms with E-state index in [9.17, 15) is 9.59 Å². The number of nitrogens with zero attached hydrogens (tertiary/aromatic N) is 1. The number of nitrogens with one attached hydrogen (secondary N) is 2. The summed E-state index contributed by atoms with van der Waals surface area (Å²) < 4.78 is 0. The number of carbonyl (C=O) groups is 2. The molecule has 0 radical (unpaired) electrons. The van der Waals surface area contributed by atoms with E-state index < -0.39 is 0 Å². The Bertz CT molecular complexity index is 823. The molecule has 154 valence electrons. The molecule has 0 atom stereocenters. The van der Waals surface area contributed by atoms with Crippen LogP contribution < -0.4 is 10.6 Å². The van der Waals surface area contributed by atoms with Crippen LogP contribution in [-0.2, 0) is 11.3 Å². The second-order valence-corrected chi connectivity index (χ2v) is 8.62. The molecule has 2 amide bonds. The van der Waals surface area contributed by atoms with Gasteiger partial charge in [-0.1, -0.05) is 29.8 Å². The van der Waals surface area contributed by atoms with Crippen molar-refractivity contribution in [2.24, 2.45) is 0 Å². The van der Waals surface area contributed by atoms with Gasteiger partial charge >= 0.3 is 0 Å². The first kappa shape index (κ1) is 21.7.